The second-order valence-electron chi connectivity index (χ2n) is 5.55. The highest BCUT2D eigenvalue weighted by atomic mass is 35.5. The van der Waals surface area contributed by atoms with Gasteiger partial charge in [0.2, 0.25) is 0 Å². The smallest absolute Gasteiger partial charge is 0.259 e. The van der Waals surface area contributed by atoms with Crippen LogP contribution in [-0.4, -0.2) is 52.7 Å². The van der Waals surface area contributed by atoms with Gasteiger partial charge in [0.05, 0.1) is 16.6 Å². The van der Waals surface area contributed by atoms with Crippen molar-refractivity contribution in [3.8, 4) is 11.5 Å². The first kappa shape index (κ1) is 13.1. The van der Waals surface area contributed by atoms with Crippen LogP contribution in [0, 0.1) is 0 Å². The largest absolute Gasteiger partial charge is 0.399 e. The van der Waals surface area contributed by atoms with Gasteiger partial charge < -0.3 is 10.3 Å². The number of halogens is 1. The molecular formula is C14H16ClN5O. The summed E-state index contributed by atoms with van der Waals surface area (Å²) < 4.78 is 5.40. The van der Waals surface area contributed by atoms with E-state index in [1.54, 1.807) is 18.2 Å². The molecule has 0 saturated carbocycles. The lowest BCUT2D eigenvalue weighted by Crippen LogP contribution is -2.57. The summed E-state index contributed by atoms with van der Waals surface area (Å²) in [5.74, 6) is 1.16. The van der Waals surface area contributed by atoms with Gasteiger partial charge in [0.25, 0.3) is 5.89 Å². The average molecular weight is 306 g/mol. The second kappa shape index (κ2) is 4.98. The molecule has 1 unspecified atom stereocenters. The average Bonchev–Trinajstić information content (AvgIpc) is 3.00. The first-order chi connectivity index (χ1) is 10.2. The molecule has 1 aromatic carbocycles. The summed E-state index contributed by atoms with van der Waals surface area (Å²) in [5.41, 5.74) is 7.11. The fourth-order valence-corrected chi connectivity index (χ4v) is 3.25. The molecule has 4 heterocycles. The van der Waals surface area contributed by atoms with E-state index in [9.17, 15) is 0 Å². The predicted molar refractivity (Wildman–Crippen MR) is 79.9 cm³/mol. The Morgan fingerprint density at radius 3 is 2.76 bits per heavy atom. The molecule has 3 aliphatic rings. The number of rotatable bonds is 2. The molecule has 21 heavy (non-hydrogen) atoms. The number of nitrogens with zero attached hydrogens (tertiary/aromatic N) is 4. The van der Waals surface area contributed by atoms with Gasteiger partial charge in [-0.25, -0.2) is 0 Å². The normalized spacial score (nSPS) is 28.0. The van der Waals surface area contributed by atoms with Crippen LogP contribution in [-0.2, 0) is 0 Å². The van der Waals surface area contributed by atoms with Crippen LogP contribution >= 0.6 is 11.6 Å². The maximum Gasteiger partial charge on any atom is 0.259 e. The molecule has 7 heteroatoms. The molecule has 3 aliphatic heterocycles. The summed E-state index contributed by atoms with van der Waals surface area (Å²) in [6, 6.07) is 5.47. The van der Waals surface area contributed by atoms with E-state index in [2.05, 4.69) is 19.9 Å². The minimum absolute atomic E-state index is 0.213. The number of hydrogen-bond donors (Lipinski definition) is 1. The third-order valence-electron chi connectivity index (χ3n) is 4.24. The Hall–Kier alpha value is -1.63. The summed E-state index contributed by atoms with van der Waals surface area (Å²) in [4.78, 5) is 9.39. The van der Waals surface area contributed by atoms with Crippen molar-refractivity contribution < 1.29 is 4.52 Å². The van der Waals surface area contributed by atoms with Gasteiger partial charge in [0.15, 0.2) is 5.82 Å². The van der Waals surface area contributed by atoms with Crippen molar-refractivity contribution in [1.82, 2.24) is 19.9 Å². The molecule has 5 rings (SSSR count). The highest BCUT2D eigenvalue weighted by Crippen LogP contribution is 2.32. The zero-order valence-electron chi connectivity index (χ0n) is 11.5. The molecule has 2 bridgehead atoms. The van der Waals surface area contributed by atoms with Crippen molar-refractivity contribution >= 4 is 17.3 Å². The summed E-state index contributed by atoms with van der Waals surface area (Å²) in [6.45, 7) is 5.34. The minimum atomic E-state index is 0.213. The predicted octanol–water partition coefficient (Wildman–Crippen LogP) is 1.64. The Kier molecular flexibility index (Phi) is 3.10. The molecule has 1 atom stereocenters. The molecule has 0 amide bonds. The van der Waals surface area contributed by atoms with Crippen LogP contribution in [0.15, 0.2) is 22.7 Å². The first-order valence-corrected chi connectivity index (χ1v) is 7.44. The monoisotopic (exact) mass is 305 g/mol. The van der Waals surface area contributed by atoms with Gasteiger partial charge in [-0.05, 0) is 18.2 Å². The number of benzene rings is 1. The van der Waals surface area contributed by atoms with Gasteiger partial charge in [0, 0.05) is 38.4 Å². The number of piperazine rings is 3. The van der Waals surface area contributed by atoms with Crippen LogP contribution in [0.3, 0.4) is 0 Å². The number of anilines is 1. The van der Waals surface area contributed by atoms with E-state index in [-0.39, 0.29) is 6.04 Å². The Bertz CT molecular complexity index is 665. The highest BCUT2D eigenvalue weighted by Gasteiger charge is 2.35. The van der Waals surface area contributed by atoms with Crippen LogP contribution < -0.4 is 5.73 Å². The van der Waals surface area contributed by atoms with Crippen molar-refractivity contribution in [3.63, 3.8) is 0 Å². The molecule has 3 fully saturated rings. The summed E-state index contributed by atoms with van der Waals surface area (Å²) >= 11 is 6.19. The lowest BCUT2D eigenvalue weighted by molar-refractivity contribution is 0.00781. The zero-order chi connectivity index (χ0) is 14.4. The molecule has 1 aromatic heterocycles. The molecule has 0 aliphatic carbocycles. The lowest BCUT2D eigenvalue weighted by Gasteiger charge is -2.46. The SMILES string of the molecule is Nc1ccc(Cl)c(-c2nc(C3CN4CCN3CC4)no2)c1. The van der Waals surface area contributed by atoms with Gasteiger partial charge in [-0.2, -0.15) is 4.98 Å². The first-order valence-electron chi connectivity index (χ1n) is 7.06. The number of aromatic nitrogens is 2. The second-order valence-corrected chi connectivity index (χ2v) is 5.96. The van der Waals surface area contributed by atoms with E-state index in [0.29, 0.717) is 22.2 Å². The molecular weight excluding hydrogens is 290 g/mol. The van der Waals surface area contributed by atoms with E-state index < -0.39 is 0 Å². The number of nitrogen functional groups attached to an aromatic ring is 1. The summed E-state index contributed by atoms with van der Waals surface area (Å²) in [5, 5.41) is 4.72. The van der Waals surface area contributed by atoms with E-state index >= 15 is 0 Å². The highest BCUT2D eigenvalue weighted by molar-refractivity contribution is 6.33. The Labute approximate surface area is 127 Å². The minimum Gasteiger partial charge on any atom is -0.399 e. The van der Waals surface area contributed by atoms with E-state index in [0.717, 1.165) is 38.5 Å². The van der Waals surface area contributed by atoms with Gasteiger partial charge >= 0.3 is 0 Å². The third-order valence-corrected chi connectivity index (χ3v) is 4.57. The van der Waals surface area contributed by atoms with Crippen molar-refractivity contribution in [2.45, 2.75) is 6.04 Å². The fraction of sp³-hybridized carbons (Fsp3) is 0.429. The maximum absolute atomic E-state index is 6.19. The van der Waals surface area contributed by atoms with Crippen molar-refractivity contribution in [2.75, 3.05) is 38.5 Å². The van der Waals surface area contributed by atoms with E-state index in [4.69, 9.17) is 21.9 Å². The number of hydrogen-bond acceptors (Lipinski definition) is 6. The van der Waals surface area contributed by atoms with Crippen LogP contribution in [0.4, 0.5) is 5.69 Å². The standard InChI is InChI=1S/C14H16ClN5O/c15-11-2-1-9(16)7-10(11)14-17-13(18-21-14)12-8-19-3-5-20(12)6-4-19/h1-2,7,12H,3-6,8,16H2. The Morgan fingerprint density at radius 2 is 2.05 bits per heavy atom. The molecule has 0 spiro atoms. The molecule has 2 aromatic rings. The van der Waals surface area contributed by atoms with Crippen molar-refractivity contribution in [2.24, 2.45) is 0 Å². The van der Waals surface area contributed by atoms with Crippen molar-refractivity contribution in [3.05, 3.63) is 29.0 Å². The Balaban J connectivity index is 1.65. The van der Waals surface area contributed by atoms with Gasteiger partial charge in [0.1, 0.15) is 0 Å². The Morgan fingerprint density at radius 1 is 1.24 bits per heavy atom. The summed E-state index contributed by atoms with van der Waals surface area (Å²) in [6.07, 6.45) is 0. The van der Waals surface area contributed by atoms with Crippen LogP contribution in [0.2, 0.25) is 5.02 Å². The maximum atomic E-state index is 6.19. The van der Waals surface area contributed by atoms with Crippen LogP contribution in [0.25, 0.3) is 11.5 Å². The van der Waals surface area contributed by atoms with Gasteiger partial charge in [-0.3, -0.25) is 9.80 Å². The molecule has 2 N–H and O–H groups in total. The lowest BCUT2D eigenvalue weighted by atomic mass is 10.1. The topological polar surface area (TPSA) is 71.4 Å². The molecule has 0 radical (unpaired) electrons. The third kappa shape index (κ3) is 2.29. The van der Waals surface area contributed by atoms with Gasteiger partial charge in [-0.1, -0.05) is 16.8 Å². The molecule has 6 nitrogen and oxygen atoms in total. The van der Waals surface area contributed by atoms with Crippen LogP contribution in [0.1, 0.15) is 11.9 Å². The number of fused-ring (bicyclic) bond motifs is 3. The van der Waals surface area contributed by atoms with Crippen molar-refractivity contribution in [1.29, 1.82) is 0 Å². The zero-order valence-corrected chi connectivity index (χ0v) is 12.3. The quantitative estimate of drug-likeness (QED) is 0.851. The van der Waals surface area contributed by atoms with E-state index in [1.807, 2.05) is 0 Å². The number of nitrogens with two attached hydrogens (primary N) is 1. The van der Waals surface area contributed by atoms with Crippen LogP contribution in [0.5, 0.6) is 0 Å². The molecule has 3 saturated heterocycles. The van der Waals surface area contributed by atoms with E-state index in [1.165, 1.54) is 0 Å². The molecule has 110 valence electrons. The fourth-order valence-electron chi connectivity index (χ4n) is 3.05. The summed E-state index contributed by atoms with van der Waals surface area (Å²) in [7, 11) is 0. The van der Waals surface area contributed by atoms with Gasteiger partial charge in [-0.15, -0.1) is 0 Å².